The molecule has 1 atom stereocenters. The summed E-state index contributed by atoms with van der Waals surface area (Å²) in [6, 6.07) is 5.38. The standard InChI is InChI=1S/C18H24N4O2S/c1-21-10-9-20-18(21)17-13-19-8-11-22(17)25(23,24)16-7-6-14-4-2-3-5-15(14)12-16/h6-7,9-10,12,17,19H,2-5,8,11,13H2,1H3. The van der Waals surface area contributed by atoms with Gasteiger partial charge in [0.1, 0.15) is 5.82 Å². The molecule has 1 fully saturated rings. The van der Waals surface area contributed by atoms with Gasteiger partial charge in [-0.15, -0.1) is 0 Å². The van der Waals surface area contributed by atoms with Gasteiger partial charge in [0.05, 0.1) is 10.9 Å². The number of aromatic nitrogens is 2. The minimum atomic E-state index is -3.55. The number of hydrogen-bond acceptors (Lipinski definition) is 4. The lowest BCUT2D eigenvalue weighted by Crippen LogP contribution is -2.49. The number of benzene rings is 1. The Morgan fingerprint density at radius 3 is 2.76 bits per heavy atom. The van der Waals surface area contributed by atoms with Crippen molar-refractivity contribution in [2.45, 2.75) is 36.6 Å². The number of rotatable bonds is 3. The van der Waals surface area contributed by atoms with Crippen LogP contribution in [-0.4, -0.2) is 41.9 Å². The fourth-order valence-electron chi connectivity index (χ4n) is 3.90. The zero-order chi connectivity index (χ0) is 17.4. The van der Waals surface area contributed by atoms with Gasteiger partial charge in [-0.05, 0) is 48.9 Å². The van der Waals surface area contributed by atoms with Gasteiger partial charge < -0.3 is 9.88 Å². The van der Waals surface area contributed by atoms with Crippen LogP contribution in [0, 0.1) is 0 Å². The van der Waals surface area contributed by atoms with Crippen molar-refractivity contribution < 1.29 is 8.42 Å². The molecule has 1 aliphatic heterocycles. The van der Waals surface area contributed by atoms with Crippen LogP contribution in [0.2, 0.25) is 0 Å². The third-order valence-corrected chi connectivity index (χ3v) is 7.18. The van der Waals surface area contributed by atoms with Crippen molar-refractivity contribution in [3.05, 3.63) is 47.5 Å². The van der Waals surface area contributed by atoms with Crippen LogP contribution >= 0.6 is 0 Å². The maximum atomic E-state index is 13.4. The molecule has 0 saturated carbocycles. The van der Waals surface area contributed by atoms with E-state index in [0.717, 1.165) is 25.1 Å². The first kappa shape index (κ1) is 16.8. The van der Waals surface area contributed by atoms with Gasteiger partial charge in [0.15, 0.2) is 0 Å². The Bertz CT molecular complexity index is 875. The predicted molar refractivity (Wildman–Crippen MR) is 95.8 cm³/mol. The number of hydrogen-bond donors (Lipinski definition) is 1. The normalized spacial score (nSPS) is 21.9. The Morgan fingerprint density at radius 1 is 1.20 bits per heavy atom. The number of aryl methyl sites for hydroxylation is 3. The Labute approximate surface area is 148 Å². The van der Waals surface area contributed by atoms with Gasteiger partial charge >= 0.3 is 0 Å². The number of nitrogens with zero attached hydrogens (tertiary/aromatic N) is 3. The Balaban J connectivity index is 1.71. The monoisotopic (exact) mass is 360 g/mol. The molecular formula is C18H24N4O2S. The molecule has 4 rings (SSSR count). The second-order valence-corrected chi connectivity index (χ2v) is 8.76. The molecule has 0 amide bonds. The Morgan fingerprint density at radius 2 is 2.00 bits per heavy atom. The van der Waals surface area contributed by atoms with Crippen molar-refractivity contribution in [2.75, 3.05) is 19.6 Å². The lowest BCUT2D eigenvalue weighted by Gasteiger charge is -2.34. The van der Waals surface area contributed by atoms with Gasteiger partial charge in [-0.1, -0.05) is 6.07 Å². The summed E-state index contributed by atoms with van der Waals surface area (Å²) >= 11 is 0. The van der Waals surface area contributed by atoms with Gasteiger partial charge in [-0.3, -0.25) is 0 Å². The first-order valence-electron chi connectivity index (χ1n) is 8.89. The number of piperazine rings is 1. The van der Waals surface area contributed by atoms with Crippen LogP contribution < -0.4 is 5.32 Å². The average Bonchev–Trinajstić information content (AvgIpc) is 3.07. The molecule has 2 heterocycles. The highest BCUT2D eigenvalue weighted by atomic mass is 32.2. The lowest BCUT2D eigenvalue weighted by molar-refractivity contribution is 0.258. The largest absolute Gasteiger partial charge is 0.337 e. The summed E-state index contributed by atoms with van der Waals surface area (Å²) in [5.41, 5.74) is 2.49. The minimum Gasteiger partial charge on any atom is -0.337 e. The smallest absolute Gasteiger partial charge is 0.243 e. The topological polar surface area (TPSA) is 67.2 Å². The van der Waals surface area contributed by atoms with E-state index in [2.05, 4.69) is 10.3 Å². The van der Waals surface area contributed by atoms with E-state index in [9.17, 15) is 8.42 Å². The van der Waals surface area contributed by atoms with Crippen LogP contribution in [0.3, 0.4) is 0 Å². The van der Waals surface area contributed by atoms with Gasteiger partial charge in [-0.2, -0.15) is 4.31 Å². The molecule has 1 N–H and O–H groups in total. The van der Waals surface area contributed by atoms with Crippen molar-refractivity contribution in [3.63, 3.8) is 0 Å². The first-order chi connectivity index (χ1) is 12.1. The van der Waals surface area contributed by atoms with Gasteiger partial charge in [0.25, 0.3) is 0 Å². The van der Waals surface area contributed by atoms with Crippen molar-refractivity contribution in [2.24, 2.45) is 7.05 Å². The Hall–Kier alpha value is -1.70. The van der Waals surface area contributed by atoms with E-state index in [0.29, 0.717) is 24.5 Å². The number of fused-ring (bicyclic) bond motifs is 1. The molecule has 7 heteroatoms. The van der Waals surface area contributed by atoms with Crippen LogP contribution in [0.1, 0.15) is 35.8 Å². The summed E-state index contributed by atoms with van der Waals surface area (Å²) in [6.07, 6.45) is 7.93. The zero-order valence-corrected chi connectivity index (χ0v) is 15.3. The van der Waals surface area contributed by atoms with E-state index in [1.165, 1.54) is 17.5 Å². The first-order valence-corrected chi connectivity index (χ1v) is 10.3. The summed E-state index contributed by atoms with van der Waals surface area (Å²) in [6.45, 7) is 1.69. The lowest BCUT2D eigenvalue weighted by atomic mass is 9.92. The fourth-order valence-corrected chi connectivity index (χ4v) is 5.53. The molecule has 0 bridgehead atoms. The molecular weight excluding hydrogens is 336 g/mol. The maximum Gasteiger partial charge on any atom is 0.243 e. The third-order valence-electron chi connectivity index (χ3n) is 5.28. The number of imidazole rings is 1. The van der Waals surface area contributed by atoms with Gasteiger partial charge in [0.2, 0.25) is 10.0 Å². The van der Waals surface area contributed by atoms with Crippen LogP contribution in [0.5, 0.6) is 0 Å². The van der Waals surface area contributed by atoms with Crippen molar-refractivity contribution in [1.29, 1.82) is 0 Å². The highest BCUT2D eigenvalue weighted by Crippen LogP contribution is 2.30. The molecule has 1 aromatic heterocycles. The molecule has 0 radical (unpaired) electrons. The number of sulfonamides is 1. The SMILES string of the molecule is Cn1ccnc1C1CNCCN1S(=O)(=O)c1ccc2c(c1)CCCC2. The van der Waals surface area contributed by atoms with E-state index in [1.54, 1.807) is 16.6 Å². The zero-order valence-electron chi connectivity index (χ0n) is 14.5. The van der Waals surface area contributed by atoms with Crippen molar-refractivity contribution >= 4 is 10.0 Å². The molecule has 2 aromatic rings. The van der Waals surface area contributed by atoms with Crippen LogP contribution in [0.15, 0.2) is 35.5 Å². The molecule has 1 saturated heterocycles. The molecule has 134 valence electrons. The van der Waals surface area contributed by atoms with Crippen LogP contribution in [0.4, 0.5) is 0 Å². The molecule has 2 aliphatic rings. The average molecular weight is 360 g/mol. The van der Waals surface area contributed by atoms with Gasteiger partial charge in [0, 0.05) is 39.1 Å². The quantitative estimate of drug-likeness (QED) is 0.903. The van der Waals surface area contributed by atoms with Gasteiger partial charge in [-0.25, -0.2) is 13.4 Å². The van der Waals surface area contributed by atoms with Crippen molar-refractivity contribution in [3.8, 4) is 0 Å². The summed E-state index contributed by atoms with van der Waals surface area (Å²) in [5, 5.41) is 3.29. The van der Waals surface area contributed by atoms with Crippen molar-refractivity contribution in [1.82, 2.24) is 19.2 Å². The molecule has 6 nitrogen and oxygen atoms in total. The number of nitrogens with one attached hydrogen (secondary N) is 1. The fraction of sp³-hybridized carbons (Fsp3) is 0.500. The second-order valence-electron chi connectivity index (χ2n) is 6.87. The highest BCUT2D eigenvalue weighted by molar-refractivity contribution is 7.89. The molecule has 0 spiro atoms. The third kappa shape index (κ3) is 3.01. The summed E-state index contributed by atoms with van der Waals surface area (Å²) in [5.74, 6) is 0.772. The second kappa shape index (κ2) is 6.55. The van der Waals surface area contributed by atoms with Crippen LogP contribution in [0.25, 0.3) is 0 Å². The molecule has 1 unspecified atom stereocenters. The predicted octanol–water partition coefficient (Wildman–Crippen LogP) is 1.63. The summed E-state index contributed by atoms with van der Waals surface area (Å²) in [7, 11) is -1.64. The molecule has 25 heavy (non-hydrogen) atoms. The summed E-state index contributed by atoms with van der Waals surface area (Å²) < 4.78 is 30.2. The van der Waals surface area contributed by atoms with Crippen LogP contribution in [-0.2, 0) is 29.9 Å². The highest BCUT2D eigenvalue weighted by Gasteiger charge is 2.36. The van der Waals surface area contributed by atoms with E-state index >= 15 is 0 Å². The Kier molecular flexibility index (Phi) is 4.39. The minimum absolute atomic E-state index is 0.283. The molecule has 1 aliphatic carbocycles. The van der Waals surface area contributed by atoms with E-state index in [1.807, 2.05) is 29.9 Å². The van der Waals surface area contributed by atoms with E-state index < -0.39 is 10.0 Å². The van der Waals surface area contributed by atoms with E-state index in [4.69, 9.17) is 0 Å². The summed E-state index contributed by atoms with van der Waals surface area (Å²) in [4.78, 5) is 4.80. The molecule has 1 aromatic carbocycles. The maximum absolute atomic E-state index is 13.4. The van der Waals surface area contributed by atoms with E-state index in [-0.39, 0.29) is 6.04 Å².